The minimum atomic E-state index is -0.538. The monoisotopic (exact) mass is 261 g/mol. The van der Waals surface area contributed by atoms with Gasteiger partial charge in [0.1, 0.15) is 11.6 Å². The summed E-state index contributed by atoms with van der Waals surface area (Å²) in [6.07, 6.45) is 1.50. The van der Waals surface area contributed by atoms with E-state index in [1.807, 2.05) is 0 Å². The second kappa shape index (κ2) is 5.48. The Kier molecular flexibility index (Phi) is 3.75. The molecule has 0 saturated heterocycles. The number of methoxy groups -OCH3 is 2. The summed E-state index contributed by atoms with van der Waals surface area (Å²) < 4.78 is 22.7. The lowest BCUT2D eigenvalue weighted by molar-refractivity contribution is 0.0593. The standard InChI is InChI=1S/C14H12FNO3/c1-18-13-7-12(14(17)19-2)16-8-11(13)9-3-5-10(15)6-4-9/h3-8H,1-2H3. The molecule has 2 aromatic rings. The van der Waals surface area contributed by atoms with Crippen LogP contribution in [0, 0.1) is 5.82 Å². The number of aromatic nitrogens is 1. The van der Waals surface area contributed by atoms with E-state index in [1.165, 1.54) is 38.6 Å². The number of rotatable bonds is 3. The smallest absolute Gasteiger partial charge is 0.356 e. The summed E-state index contributed by atoms with van der Waals surface area (Å²) in [5, 5.41) is 0. The van der Waals surface area contributed by atoms with Crippen molar-refractivity contribution in [3.8, 4) is 16.9 Å². The van der Waals surface area contributed by atoms with Gasteiger partial charge in [0.2, 0.25) is 0 Å². The van der Waals surface area contributed by atoms with Crippen LogP contribution in [0.1, 0.15) is 10.5 Å². The van der Waals surface area contributed by atoms with Crippen LogP contribution in [0.5, 0.6) is 5.75 Å². The number of benzene rings is 1. The highest BCUT2D eigenvalue weighted by molar-refractivity contribution is 5.88. The Bertz CT molecular complexity index is 596. The number of nitrogens with zero attached hydrogens (tertiary/aromatic N) is 1. The van der Waals surface area contributed by atoms with Gasteiger partial charge in [-0.05, 0) is 17.7 Å². The number of esters is 1. The predicted octanol–water partition coefficient (Wildman–Crippen LogP) is 2.68. The molecule has 1 aromatic heterocycles. The average molecular weight is 261 g/mol. The summed E-state index contributed by atoms with van der Waals surface area (Å²) in [4.78, 5) is 15.4. The molecule has 0 saturated carbocycles. The maximum atomic E-state index is 12.9. The van der Waals surface area contributed by atoms with Crippen molar-refractivity contribution in [2.24, 2.45) is 0 Å². The Morgan fingerprint density at radius 3 is 2.47 bits per heavy atom. The summed E-state index contributed by atoms with van der Waals surface area (Å²) in [6.45, 7) is 0. The molecule has 2 rings (SSSR count). The fourth-order valence-corrected chi connectivity index (χ4v) is 1.67. The van der Waals surface area contributed by atoms with Gasteiger partial charge in [-0.25, -0.2) is 14.2 Å². The summed E-state index contributed by atoms with van der Waals surface area (Å²) in [5.41, 5.74) is 1.59. The molecule has 0 aliphatic carbocycles. The quantitative estimate of drug-likeness (QED) is 0.797. The average Bonchev–Trinajstić information content (AvgIpc) is 2.46. The Morgan fingerprint density at radius 1 is 1.21 bits per heavy atom. The first-order valence-corrected chi connectivity index (χ1v) is 5.54. The van der Waals surface area contributed by atoms with Crippen LogP contribution in [-0.4, -0.2) is 25.2 Å². The van der Waals surface area contributed by atoms with Crippen molar-refractivity contribution in [2.75, 3.05) is 14.2 Å². The maximum Gasteiger partial charge on any atom is 0.356 e. The maximum absolute atomic E-state index is 12.9. The van der Waals surface area contributed by atoms with Gasteiger partial charge in [-0.15, -0.1) is 0 Å². The largest absolute Gasteiger partial charge is 0.496 e. The number of pyridine rings is 1. The number of hydrogen-bond donors (Lipinski definition) is 0. The molecule has 19 heavy (non-hydrogen) atoms. The number of halogens is 1. The SMILES string of the molecule is COC(=O)c1cc(OC)c(-c2ccc(F)cc2)cn1. The van der Waals surface area contributed by atoms with Crippen LogP contribution < -0.4 is 4.74 Å². The minimum Gasteiger partial charge on any atom is -0.496 e. The van der Waals surface area contributed by atoms with Gasteiger partial charge in [-0.2, -0.15) is 0 Å². The van der Waals surface area contributed by atoms with Crippen molar-refractivity contribution in [2.45, 2.75) is 0 Å². The molecular formula is C14H12FNO3. The third-order valence-corrected chi connectivity index (χ3v) is 2.64. The lowest BCUT2D eigenvalue weighted by atomic mass is 10.1. The highest BCUT2D eigenvalue weighted by Gasteiger charge is 2.13. The first kappa shape index (κ1) is 13.0. The van der Waals surface area contributed by atoms with Crippen LogP contribution in [-0.2, 0) is 4.74 Å². The van der Waals surface area contributed by atoms with Crippen molar-refractivity contribution in [1.29, 1.82) is 0 Å². The van der Waals surface area contributed by atoms with E-state index in [4.69, 9.17) is 4.74 Å². The van der Waals surface area contributed by atoms with Crippen molar-refractivity contribution in [1.82, 2.24) is 4.98 Å². The Labute approximate surface area is 109 Å². The first-order chi connectivity index (χ1) is 9.15. The van der Waals surface area contributed by atoms with Gasteiger partial charge in [0.15, 0.2) is 5.69 Å². The molecule has 0 unspecified atom stereocenters. The van der Waals surface area contributed by atoms with Gasteiger partial charge in [-0.1, -0.05) is 12.1 Å². The van der Waals surface area contributed by atoms with E-state index < -0.39 is 5.97 Å². The number of hydrogen-bond acceptors (Lipinski definition) is 4. The Balaban J connectivity index is 2.46. The van der Waals surface area contributed by atoms with E-state index in [2.05, 4.69) is 9.72 Å². The van der Waals surface area contributed by atoms with Gasteiger partial charge in [-0.3, -0.25) is 0 Å². The molecule has 1 aromatic carbocycles. The third kappa shape index (κ3) is 2.70. The molecule has 0 spiro atoms. The fraction of sp³-hybridized carbons (Fsp3) is 0.143. The molecule has 5 heteroatoms. The van der Waals surface area contributed by atoms with E-state index in [1.54, 1.807) is 12.1 Å². The van der Waals surface area contributed by atoms with Crippen LogP contribution in [0.4, 0.5) is 4.39 Å². The van der Waals surface area contributed by atoms with E-state index in [-0.39, 0.29) is 11.5 Å². The molecule has 1 heterocycles. The highest BCUT2D eigenvalue weighted by atomic mass is 19.1. The molecule has 4 nitrogen and oxygen atoms in total. The molecule has 0 bridgehead atoms. The predicted molar refractivity (Wildman–Crippen MR) is 67.5 cm³/mol. The van der Waals surface area contributed by atoms with Crippen molar-refractivity contribution >= 4 is 5.97 Å². The normalized spacial score (nSPS) is 10.1. The number of carbonyl (C=O) groups excluding carboxylic acids is 1. The van der Waals surface area contributed by atoms with E-state index in [9.17, 15) is 9.18 Å². The molecule has 0 fully saturated rings. The van der Waals surface area contributed by atoms with Gasteiger partial charge in [0.25, 0.3) is 0 Å². The second-order valence-electron chi connectivity index (χ2n) is 3.77. The van der Waals surface area contributed by atoms with Gasteiger partial charge in [0, 0.05) is 17.8 Å². The molecule has 0 aliphatic heterocycles. The minimum absolute atomic E-state index is 0.158. The van der Waals surface area contributed by atoms with Gasteiger partial charge < -0.3 is 9.47 Å². The van der Waals surface area contributed by atoms with Crippen LogP contribution in [0.25, 0.3) is 11.1 Å². The lowest BCUT2D eigenvalue weighted by Gasteiger charge is -2.09. The van der Waals surface area contributed by atoms with Crippen molar-refractivity contribution in [3.05, 3.63) is 48.0 Å². The van der Waals surface area contributed by atoms with Crippen LogP contribution in [0.2, 0.25) is 0 Å². The summed E-state index contributed by atoms with van der Waals surface area (Å²) >= 11 is 0. The number of ether oxygens (including phenoxy) is 2. The first-order valence-electron chi connectivity index (χ1n) is 5.54. The van der Waals surface area contributed by atoms with Crippen LogP contribution in [0.3, 0.4) is 0 Å². The van der Waals surface area contributed by atoms with E-state index >= 15 is 0 Å². The zero-order chi connectivity index (χ0) is 13.8. The van der Waals surface area contributed by atoms with Crippen LogP contribution in [0.15, 0.2) is 36.5 Å². The summed E-state index contributed by atoms with van der Waals surface area (Å²) in [5.74, 6) is -0.382. The van der Waals surface area contributed by atoms with Gasteiger partial charge in [0.05, 0.1) is 14.2 Å². The fourth-order valence-electron chi connectivity index (χ4n) is 1.67. The second-order valence-corrected chi connectivity index (χ2v) is 3.77. The summed E-state index contributed by atoms with van der Waals surface area (Å²) in [7, 11) is 2.77. The van der Waals surface area contributed by atoms with E-state index in [0.717, 1.165) is 5.56 Å². The highest BCUT2D eigenvalue weighted by Crippen LogP contribution is 2.29. The molecule has 0 amide bonds. The van der Waals surface area contributed by atoms with Crippen molar-refractivity contribution < 1.29 is 18.7 Å². The Hall–Kier alpha value is -2.43. The topological polar surface area (TPSA) is 48.4 Å². The van der Waals surface area contributed by atoms with Crippen molar-refractivity contribution in [3.63, 3.8) is 0 Å². The molecule has 0 aliphatic rings. The lowest BCUT2D eigenvalue weighted by Crippen LogP contribution is -2.05. The zero-order valence-electron chi connectivity index (χ0n) is 10.5. The molecule has 0 atom stereocenters. The van der Waals surface area contributed by atoms with E-state index in [0.29, 0.717) is 11.3 Å². The summed E-state index contributed by atoms with van der Waals surface area (Å²) in [6, 6.07) is 7.43. The molecule has 0 N–H and O–H groups in total. The molecule has 98 valence electrons. The van der Waals surface area contributed by atoms with Gasteiger partial charge >= 0.3 is 5.97 Å². The molecular weight excluding hydrogens is 249 g/mol. The third-order valence-electron chi connectivity index (χ3n) is 2.64. The number of carbonyl (C=O) groups is 1. The van der Waals surface area contributed by atoms with Crippen LogP contribution >= 0.6 is 0 Å². The molecule has 0 radical (unpaired) electrons. The zero-order valence-corrected chi connectivity index (χ0v) is 10.5. The Morgan fingerprint density at radius 2 is 1.89 bits per heavy atom.